The first kappa shape index (κ1) is 21.2. The summed E-state index contributed by atoms with van der Waals surface area (Å²) in [5, 5.41) is 3.91. The van der Waals surface area contributed by atoms with Gasteiger partial charge in [0.1, 0.15) is 0 Å². The molecule has 1 aliphatic heterocycles. The summed E-state index contributed by atoms with van der Waals surface area (Å²) in [6.45, 7) is 5.25. The Balaban J connectivity index is 1.32. The summed E-state index contributed by atoms with van der Waals surface area (Å²) in [7, 11) is 0. The molecular weight excluding hydrogens is 388 g/mol. The topological polar surface area (TPSA) is 62.5 Å². The Labute approximate surface area is 183 Å². The molecule has 6 nitrogen and oxygen atoms in total. The van der Waals surface area contributed by atoms with Gasteiger partial charge in [-0.05, 0) is 17.5 Å². The highest BCUT2D eigenvalue weighted by Gasteiger charge is 2.27. The van der Waals surface area contributed by atoms with E-state index >= 15 is 0 Å². The predicted molar refractivity (Wildman–Crippen MR) is 119 cm³/mol. The van der Waals surface area contributed by atoms with Crippen LogP contribution in [0.3, 0.4) is 0 Å². The standard InChI is InChI=1S/C25H30N4O2/c1-2-22-26-23(31-27-22)14-9-15-24(30)28-16-18-29(19-17-28)25(20-10-5-3-6-11-20)21-12-7-4-8-13-21/h3-8,10-13,25H,2,9,14-19H2,1H3. The molecule has 0 saturated carbocycles. The summed E-state index contributed by atoms with van der Waals surface area (Å²) in [6.07, 6.45) is 2.67. The van der Waals surface area contributed by atoms with E-state index in [-0.39, 0.29) is 11.9 Å². The van der Waals surface area contributed by atoms with Crippen molar-refractivity contribution in [2.24, 2.45) is 0 Å². The Hall–Kier alpha value is -2.99. The lowest BCUT2D eigenvalue weighted by atomic mass is 9.96. The minimum absolute atomic E-state index is 0.213. The Bertz CT molecular complexity index is 910. The Kier molecular flexibility index (Phi) is 7.10. The molecule has 0 radical (unpaired) electrons. The minimum atomic E-state index is 0.213. The van der Waals surface area contributed by atoms with Gasteiger partial charge in [0.05, 0.1) is 6.04 Å². The van der Waals surface area contributed by atoms with Gasteiger partial charge in [0.15, 0.2) is 5.82 Å². The van der Waals surface area contributed by atoms with Crippen LogP contribution in [0.4, 0.5) is 0 Å². The third kappa shape index (κ3) is 5.39. The fourth-order valence-corrected chi connectivity index (χ4v) is 4.20. The molecular formula is C25H30N4O2. The second kappa shape index (κ2) is 10.4. The van der Waals surface area contributed by atoms with Crippen molar-refractivity contribution in [2.75, 3.05) is 26.2 Å². The number of hydrogen-bond donors (Lipinski definition) is 0. The fraction of sp³-hybridized carbons (Fsp3) is 0.400. The monoisotopic (exact) mass is 418 g/mol. The minimum Gasteiger partial charge on any atom is -0.340 e. The number of piperazine rings is 1. The first-order valence-corrected chi connectivity index (χ1v) is 11.2. The molecule has 1 aliphatic rings. The summed E-state index contributed by atoms with van der Waals surface area (Å²) >= 11 is 0. The Morgan fingerprint density at radius 3 is 2.13 bits per heavy atom. The zero-order valence-corrected chi connectivity index (χ0v) is 18.1. The lowest BCUT2D eigenvalue weighted by Gasteiger charge is -2.40. The fourth-order valence-electron chi connectivity index (χ4n) is 4.20. The number of aryl methyl sites for hydroxylation is 2. The maximum absolute atomic E-state index is 12.7. The highest BCUT2D eigenvalue weighted by atomic mass is 16.5. The molecule has 0 spiro atoms. The van der Waals surface area contributed by atoms with Crippen molar-refractivity contribution in [1.29, 1.82) is 0 Å². The molecule has 0 atom stereocenters. The van der Waals surface area contributed by atoms with Crippen LogP contribution < -0.4 is 0 Å². The van der Waals surface area contributed by atoms with Crippen molar-refractivity contribution < 1.29 is 9.32 Å². The largest absolute Gasteiger partial charge is 0.340 e. The highest BCUT2D eigenvalue weighted by Crippen LogP contribution is 2.29. The Morgan fingerprint density at radius 2 is 1.58 bits per heavy atom. The van der Waals surface area contributed by atoms with Crippen molar-refractivity contribution >= 4 is 5.91 Å². The highest BCUT2D eigenvalue weighted by molar-refractivity contribution is 5.76. The maximum Gasteiger partial charge on any atom is 0.226 e. The molecule has 1 fully saturated rings. The smallest absolute Gasteiger partial charge is 0.226 e. The van der Waals surface area contributed by atoms with E-state index in [9.17, 15) is 4.79 Å². The number of nitrogens with zero attached hydrogens (tertiary/aromatic N) is 4. The molecule has 4 rings (SSSR count). The van der Waals surface area contributed by atoms with Crippen LogP contribution in [0.2, 0.25) is 0 Å². The SMILES string of the molecule is CCc1noc(CCCC(=O)N2CCN(C(c3ccccc3)c3ccccc3)CC2)n1. The van der Waals surface area contributed by atoms with E-state index in [1.165, 1.54) is 11.1 Å². The molecule has 0 bridgehead atoms. The van der Waals surface area contributed by atoms with Crippen LogP contribution in [0.5, 0.6) is 0 Å². The lowest BCUT2D eigenvalue weighted by Crippen LogP contribution is -2.49. The summed E-state index contributed by atoms with van der Waals surface area (Å²) in [5.74, 6) is 1.57. The summed E-state index contributed by atoms with van der Waals surface area (Å²) in [4.78, 5) is 21.5. The number of hydrogen-bond acceptors (Lipinski definition) is 5. The van der Waals surface area contributed by atoms with E-state index in [2.05, 4.69) is 75.7 Å². The lowest BCUT2D eigenvalue weighted by molar-refractivity contribution is -0.133. The van der Waals surface area contributed by atoms with Gasteiger partial charge in [-0.1, -0.05) is 72.7 Å². The van der Waals surface area contributed by atoms with Gasteiger partial charge in [-0.25, -0.2) is 0 Å². The van der Waals surface area contributed by atoms with Gasteiger partial charge in [0, 0.05) is 45.4 Å². The van der Waals surface area contributed by atoms with Crippen molar-refractivity contribution in [3.8, 4) is 0 Å². The molecule has 0 aliphatic carbocycles. The number of benzene rings is 2. The molecule has 0 N–H and O–H groups in total. The van der Waals surface area contributed by atoms with Crippen molar-refractivity contribution in [2.45, 2.75) is 38.6 Å². The predicted octanol–water partition coefficient (Wildman–Crippen LogP) is 3.89. The molecule has 31 heavy (non-hydrogen) atoms. The van der Waals surface area contributed by atoms with Gasteiger partial charge in [-0.2, -0.15) is 4.98 Å². The van der Waals surface area contributed by atoms with Crippen LogP contribution >= 0.6 is 0 Å². The van der Waals surface area contributed by atoms with E-state index in [0.29, 0.717) is 18.7 Å². The number of amides is 1. The average molecular weight is 419 g/mol. The van der Waals surface area contributed by atoms with Crippen LogP contribution in [0.1, 0.15) is 48.6 Å². The summed E-state index contributed by atoms with van der Waals surface area (Å²) < 4.78 is 5.21. The van der Waals surface area contributed by atoms with Gasteiger partial charge in [-0.15, -0.1) is 0 Å². The zero-order valence-electron chi connectivity index (χ0n) is 18.1. The molecule has 2 heterocycles. The van der Waals surface area contributed by atoms with Gasteiger partial charge < -0.3 is 9.42 Å². The van der Waals surface area contributed by atoms with E-state index in [1.54, 1.807) is 0 Å². The first-order chi connectivity index (χ1) is 15.2. The normalized spacial score (nSPS) is 14.8. The van der Waals surface area contributed by atoms with Crippen molar-refractivity contribution in [1.82, 2.24) is 19.9 Å². The first-order valence-electron chi connectivity index (χ1n) is 11.2. The van der Waals surface area contributed by atoms with E-state index in [4.69, 9.17) is 4.52 Å². The molecule has 6 heteroatoms. The van der Waals surface area contributed by atoms with Crippen LogP contribution in [-0.2, 0) is 17.6 Å². The van der Waals surface area contributed by atoms with Crippen LogP contribution in [0, 0.1) is 0 Å². The molecule has 3 aromatic rings. The summed E-state index contributed by atoms with van der Waals surface area (Å²) in [6, 6.07) is 21.5. The third-order valence-corrected chi connectivity index (χ3v) is 5.87. The maximum atomic E-state index is 12.7. The van der Waals surface area contributed by atoms with Gasteiger partial charge in [-0.3, -0.25) is 9.69 Å². The number of rotatable bonds is 8. The average Bonchev–Trinajstić information content (AvgIpc) is 3.29. The van der Waals surface area contributed by atoms with Crippen LogP contribution in [0.15, 0.2) is 65.2 Å². The Morgan fingerprint density at radius 1 is 0.968 bits per heavy atom. The third-order valence-electron chi connectivity index (χ3n) is 5.87. The van der Waals surface area contributed by atoms with Crippen molar-refractivity contribution in [3.63, 3.8) is 0 Å². The number of carbonyl (C=O) groups is 1. The number of carbonyl (C=O) groups excluding carboxylic acids is 1. The molecule has 1 saturated heterocycles. The van der Waals surface area contributed by atoms with Crippen LogP contribution in [0.25, 0.3) is 0 Å². The van der Waals surface area contributed by atoms with E-state index in [0.717, 1.165) is 44.8 Å². The zero-order chi connectivity index (χ0) is 21.5. The second-order valence-corrected chi connectivity index (χ2v) is 7.95. The van der Waals surface area contributed by atoms with Gasteiger partial charge in [0.25, 0.3) is 0 Å². The van der Waals surface area contributed by atoms with E-state index in [1.807, 2.05) is 11.8 Å². The van der Waals surface area contributed by atoms with Crippen LogP contribution in [-0.4, -0.2) is 52.0 Å². The number of aromatic nitrogens is 2. The molecule has 1 amide bonds. The molecule has 162 valence electrons. The summed E-state index contributed by atoms with van der Waals surface area (Å²) in [5.41, 5.74) is 2.58. The molecule has 1 aromatic heterocycles. The van der Waals surface area contributed by atoms with E-state index < -0.39 is 0 Å². The quantitative estimate of drug-likeness (QED) is 0.555. The molecule has 0 unspecified atom stereocenters. The van der Waals surface area contributed by atoms with Gasteiger partial charge in [0.2, 0.25) is 11.8 Å². The second-order valence-electron chi connectivity index (χ2n) is 7.95. The van der Waals surface area contributed by atoms with Gasteiger partial charge >= 0.3 is 0 Å². The van der Waals surface area contributed by atoms with Crippen molar-refractivity contribution in [3.05, 3.63) is 83.5 Å². The molecule has 2 aromatic carbocycles.